The topological polar surface area (TPSA) is 62.1 Å². The van der Waals surface area contributed by atoms with Crippen molar-refractivity contribution in [2.24, 2.45) is 10.2 Å². The number of hydrogen-bond donors (Lipinski definition) is 0. The van der Waals surface area contributed by atoms with Crippen molar-refractivity contribution in [3.8, 4) is 0 Å². The summed E-state index contributed by atoms with van der Waals surface area (Å²) in [4.78, 5) is 2.07. The maximum atomic E-state index is 11.7. The molecule has 0 spiro atoms. The Balaban J connectivity index is 2.02. The number of hydrogen-bond acceptors (Lipinski definition) is 5. The first-order valence-corrected chi connectivity index (χ1v) is 9.83. The second-order valence-electron chi connectivity index (χ2n) is 5.68. The van der Waals surface area contributed by atoms with Gasteiger partial charge in [0.15, 0.2) is 0 Å². The van der Waals surface area contributed by atoms with E-state index in [4.69, 9.17) is 10.7 Å². The highest BCUT2D eigenvalue weighted by molar-refractivity contribution is 8.14. The van der Waals surface area contributed by atoms with Crippen LogP contribution in [0.2, 0.25) is 0 Å². The third kappa shape index (κ3) is 3.81. The molecule has 3 aromatic rings. The SMILES string of the molecule is CN(C)c1ccc(N=Nc2ccc(S(=O)(=O)Cl)c3ccccc23)cc1. The highest BCUT2D eigenvalue weighted by Crippen LogP contribution is 2.33. The molecular weight excluding hydrogens is 358 g/mol. The lowest BCUT2D eigenvalue weighted by Gasteiger charge is -2.11. The summed E-state index contributed by atoms with van der Waals surface area (Å²) in [6.45, 7) is 0. The number of anilines is 1. The van der Waals surface area contributed by atoms with Gasteiger partial charge >= 0.3 is 0 Å². The van der Waals surface area contributed by atoms with E-state index in [1.54, 1.807) is 24.3 Å². The lowest BCUT2D eigenvalue weighted by atomic mass is 10.1. The molecule has 0 unspecified atom stereocenters. The monoisotopic (exact) mass is 373 g/mol. The van der Waals surface area contributed by atoms with Crippen LogP contribution in [-0.4, -0.2) is 22.5 Å². The third-order valence-electron chi connectivity index (χ3n) is 3.76. The first kappa shape index (κ1) is 17.4. The van der Waals surface area contributed by atoms with E-state index >= 15 is 0 Å². The van der Waals surface area contributed by atoms with Gasteiger partial charge in [0.05, 0.1) is 16.3 Å². The number of azo groups is 1. The maximum Gasteiger partial charge on any atom is 0.261 e. The standard InChI is InChI=1S/C18H16ClN3O2S/c1-22(2)14-9-7-13(8-10-14)20-21-17-11-12-18(25(19,23)24)16-6-4-3-5-15(16)17/h3-12H,1-2H3. The minimum atomic E-state index is -3.83. The molecule has 0 aliphatic rings. The molecule has 0 amide bonds. The van der Waals surface area contributed by atoms with Crippen LogP contribution in [0.5, 0.6) is 0 Å². The normalized spacial score (nSPS) is 12.0. The fraction of sp³-hybridized carbons (Fsp3) is 0.111. The lowest BCUT2D eigenvalue weighted by Crippen LogP contribution is -2.07. The molecule has 0 aromatic heterocycles. The van der Waals surface area contributed by atoms with Crippen LogP contribution < -0.4 is 4.90 Å². The van der Waals surface area contributed by atoms with Gasteiger partial charge < -0.3 is 4.90 Å². The molecule has 5 nitrogen and oxygen atoms in total. The first-order chi connectivity index (χ1) is 11.9. The van der Waals surface area contributed by atoms with Gasteiger partial charge in [0.25, 0.3) is 9.05 Å². The average molecular weight is 374 g/mol. The van der Waals surface area contributed by atoms with Crippen molar-refractivity contribution in [1.82, 2.24) is 0 Å². The van der Waals surface area contributed by atoms with Gasteiger partial charge in [0.1, 0.15) is 0 Å². The molecule has 3 aromatic carbocycles. The lowest BCUT2D eigenvalue weighted by molar-refractivity contribution is 0.610. The molecule has 25 heavy (non-hydrogen) atoms. The molecule has 0 heterocycles. The number of fused-ring (bicyclic) bond motifs is 1. The third-order valence-corrected chi connectivity index (χ3v) is 5.14. The molecule has 0 saturated carbocycles. The molecule has 0 saturated heterocycles. The Hall–Kier alpha value is -2.44. The van der Waals surface area contributed by atoms with Crippen molar-refractivity contribution in [3.05, 3.63) is 60.7 Å². The van der Waals surface area contributed by atoms with Crippen molar-refractivity contribution < 1.29 is 8.42 Å². The summed E-state index contributed by atoms with van der Waals surface area (Å²) in [6, 6.07) is 17.8. The Labute approximate surface area is 151 Å². The van der Waals surface area contributed by atoms with Crippen LogP contribution in [0.3, 0.4) is 0 Å². The van der Waals surface area contributed by atoms with E-state index in [1.165, 1.54) is 6.07 Å². The molecule has 0 aliphatic heterocycles. The van der Waals surface area contributed by atoms with Gasteiger partial charge in [0, 0.05) is 41.2 Å². The molecular formula is C18H16ClN3O2S. The Morgan fingerprint density at radius 3 is 2.08 bits per heavy atom. The minimum absolute atomic E-state index is 0.0686. The van der Waals surface area contributed by atoms with E-state index in [1.807, 2.05) is 49.3 Å². The Bertz CT molecular complexity index is 1050. The molecule has 128 valence electrons. The second kappa shape index (κ2) is 6.82. The van der Waals surface area contributed by atoms with E-state index in [0.29, 0.717) is 22.1 Å². The van der Waals surface area contributed by atoms with Gasteiger partial charge in [-0.1, -0.05) is 24.3 Å². The van der Waals surface area contributed by atoms with E-state index in [-0.39, 0.29) is 4.90 Å². The molecule has 0 aliphatic carbocycles. The van der Waals surface area contributed by atoms with Crippen LogP contribution in [0.15, 0.2) is 75.8 Å². The molecule has 0 atom stereocenters. The van der Waals surface area contributed by atoms with E-state index < -0.39 is 9.05 Å². The van der Waals surface area contributed by atoms with E-state index in [2.05, 4.69) is 10.2 Å². The Morgan fingerprint density at radius 2 is 1.48 bits per heavy atom. The Kier molecular flexibility index (Phi) is 4.74. The van der Waals surface area contributed by atoms with Gasteiger partial charge in [-0.05, 0) is 36.4 Å². The fourth-order valence-corrected chi connectivity index (χ4v) is 3.56. The predicted octanol–water partition coefficient (Wildman–Crippen LogP) is 5.25. The van der Waals surface area contributed by atoms with Crippen LogP contribution in [0.4, 0.5) is 17.1 Å². The number of benzene rings is 3. The summed E-state index contributed by atoms with van der Waals surface area (Å²) in [5.41, 5.74) is 2.36. The number of nitrogens with zero attached hydrogens (tertiary/aromatic N) is 3. The van der Waals surface area contributed by atoms with Gasteiger partial charge in [-0.3, -0.25) is 0 Å². The van der Waals surface area contributed by atoms with Crippen molar-refractivity contribution in [1.29, 1.82) is 0 Å². The van der Waals surface area contributed by atoms with Gasteiger partial charge in [-0.2, -0.15) is 5.11 Å². The summed E-state index contributed by atoms with van der Waals surface area (Å²) >= 11 is 0. The van der Waals surface area contributed by atoms with Crippen LogP contribution in [0.25, 0.3) is 10.8 Å². The average Bonchev–Trinajstić information content (AvgIpc) is 2.59. The predicted molar refractivity (Wildman–Crippen MR) is 102 cm³/mol. The van der Waals surface area contributed by atoms with E-state index in [0.717, 1.165) is 5.69 Å². The molecule has 7 heteroatoms. The van der Waals surface area contributed by atoms with Crippen molar-refractivity contribution in [2.45, 2.75) is 4.90 Å². The number of rotatable bonds is 4. The van der Waals surface area contributed by atoms with Gasteiger partial charge in [-0.15, -0.1) is 5.11 Å². The summed E-state index contributed by atoms with van der Waals surface area (Å²) in [5.74, 6) is 0. The van der Waals surface area contributed by atoms with Crippen LogP contribution in [-0.2, 0) is 9.05 Å². The van der Waals surface area contributed by atoms with Crippen molar-refractivity contribution in [3.63, 3.8) is 0 Å². The van der Waals surface area contributed by atoms with Gasteiger partial charge in [-0.25, -0.2) is 8.42 Å². The molecule has 3 rings (SSSR count). The zero-order chi connectivity index (χ0) is 18.0. The van der Waals surface area contributed by atoms with Crippen molar-refractivity contribution >= 4 is 47.6 Å². The first-order valence-electron chi connectivity index (χ1n) is 7.52. The van der Waals surface area contributed by atoms with Crippen LogP contribution >= 0.6 is 10.7 Å². The fourth-order valence-electron chi connectivity index (χ4n) is 2.48. The molecule has 0 bridgehead atoms. The summed E-state index contributed by atoms with van der Waals surface area (Å²) < 4.78 is 23.5. The summed E-state index contributed by atoms with van der Waals surface area (Å²) in [5, 5.41) is 9.72. The highest BCUT2D eigenvalue weighted by Gasteiger charge is 2.15. The quantitative estimate of drug-likeness (QED) is 0.463. The largest absolute Gasteiger partial charge is 0.378 e. The zero-order valence-electron chi connectivity index (χ0n) is 13.7. The zero-order valence-corrected chi connectivity index (χ0v) is 15.3. The minimum Gasteiger partial charge on any atom is -0.378 e. The summed E-state index contributed by atoms with van der Waals surface area (Å²) in [7, 11) is 5.62. The van der Waals surface area contributed by atoms with E-state index in [9.17, 15) is 8.42 Å². The van der Waals surface area contributed by atoms with Crippen LogP contribution in [0, 0.1) is 0 Å². The smallest absolute Gasteiger partial charge is 0.261 e. The Morgan fingerprint density at radius 1 is 0.840 bits per heavy atom. The second-order valence-corrected chi connectivity index (χ2v) is 8.21. The molecule has 0 fully saturated rings. The highest BCUT2D eigenvalue weighted by atomic mass is 35.7. The molecule has 0 N–H and O–H groups in total. The van der Waals surface area contributed by atoms with Crippen molar-refractivity contribution in [2.75, 3.05) is 19.0 Å². The van der Waals surface area contributed by atoms with Gasteiger partial charge in [0.2, 0.25) is 0 Å². The number of halogens is 1. The molecule has 0 radical (unpaired) electrons. The van der Waals surface area contributed by atoms with Crippen LogP contribution in [0.1, 0.15) is 0 Å². The summed E-state index contributed by atoms with van der Waals surface area (Å²) in [6.07, 6.45) is 0. The maximum absolute atomic E-state index is 11.7.